The predicted octanol–water partition coefficient (Wildman–Crippen LogP) is 4.45. The predicted molar refractivity (Wildman–Crippen MR) is 90.6 cm³/mol. The number of anilines is 1. The Kier molecular flexibility index (Phi) is 5.42. The van der Waals surface area contributed by atoms with Crippen molar-refractivity contribution in [3.05, 3.63) is 65.7 Å². The van der Waals surface area contributed by atoms with Crippen LogP contribution in [-0.4, -0.2) is 11.4 Å². The third-order valence-electron chi connectivity index (χ3n) is 3.05. The minimum Gasteiger partial charge on any atom is -0.335 e. The quantitative estimate of drug-likeness (QED) is 0.672. The lowest BCUT2D eigenvalue weighted by Gasteiger charge is -2.12. The van der Waals surface area contributed by atoms with E-state index >= 15 is 0 Å². The zero-order chi connectivity index (χ0) is 15.1. The maximum atomic E-state index is 8.80. The van der Waals surface area contributed by atoms with Crippen LogP contribution in [-0.2, 0) is 0 Å². The van der Waals surface area contributed by atoms with Crippen LogP contribution < -0.4 is 5.32 Å². The first-order valence-electron chi connectivity index (χ1n) is 6.67. The molecule has 1 unspecified atom stereocenters. The molecule has 0 fully saturated rings. The van der Waals surface area contributed by atoms with E-state index < -0.39 is 0 Å². The van der Waals surface area contributed by atoms with E-state index in [-0.39, 0.29) is 6.04 Å². The van der Waals surface area contributed by atoms with E-state index in [0.717, 1.165) is 10.9 Å². The first-order valence-corrected chi connectivity index (χ1v) is 7.89. The average Bonchev–Trinajstić information content (AvgIpc) is 2.55. The molecule has 0 spiro atoms. The van der Waals surface area contributed by atoms with Crippen LogP contribution in [0.2, 0.25) is 0 Å². The molecular formula is C17H17N3S. The number of rotatable bonds is 3. The van der Waals surface area contributed by atoms with Crippen LogP contribution in [0.15, 0.2) is 59.6 Å². The Bertz CT molecular complexity index is 642. The van der Waals surface area contributed by atoms with Gasteiger partial charge in [-0.3, -0.25) is 4.99 Å². The Morgan fingerprint density at radius 2 is 1.81 bits per heavy atom. The van der Waals surface area contributed by atoms with Gasteiger partial charge in [0.2, 0.25) is 0 Å². The standard InChI is InChI=1S/C17H17N3S/c1-13(15-6-4-3-5-7-15)19-17(21-2)20-16-10-8-14(12-18)9-11-16/h3-11,13H,1-2H3,(H,19,20). The van der Waals surface area contributed by atoms with E-state index in [0.29, 0.717) is 5.56 Å². The van der Waals surface area contributed by atoms with Gasteiger partial charge in [0.1, 0.15) is 0 Å². The van der Waals surface area contributed by atoms with E-state index in [1.807, 2.05) is 36.6 Å². The fourth-order valence-corrected chi connectivity index (χ4v) is 2.35. The number of hydrogen-bond acceptors (Lipinski definition) is 3. The number of hydrogen-bond donors (Lipinski definition) is 1. The lowest BCUT2D eigenvalue weighted by Crippen LogP contribution is -2.09. The summed E-state index contributed by atoms with van der Waals surface area (Å²) in [6, 6.07) is 19.8. The second-order valence-electron chi connectivity index (χ2n) is 4.54. The molecule has 0 saturated carbocycles. The summed E-state index contributed by atoms with van der Waals surface area (Å²) in [6.07, 6.45) is 1.99. The highest BCUT2D eigenvalue weighted by atomic mass is 32.2. The van der Waals surface area contributed by atoms with Gasteiger partial charge in [0.25, 0.3) is 0 Å². The number of nitriles is 1. The van der Waals surface area contributed by atoms with E-state index in [4.69, 9.17) is 10.3 Å². The number of thioether (sulfide) groups is 1. The van der Waals surface area contributed by atoms with Crippen molar-refractivity contribution in [2.75, 3.05) is 11.6 Å². The van der Waals surface area contributed by atoms with Gasteiger partial charge in [-0.25, -0.2) is 0 Å². The van der Waals surface area contributed by atoms with Crippen LogP contribution in [0.3, 0.4) is 0 Å². The lowest BCUT2D eigenvalue weighted by molar-refractivity contribution is 0.823. The molecule has 0 aromatic heterocycles. The summed E-state index contributed by atoms with van der Waals surface area (Å²) >= 11 is 1.57. The molecular weight excluding hydrogens is 278 g/mol. The number of aliphatic imine (C=N–C) groups is 1. The smallest absolute Gasteiger partial charge is 0.161 e. The highest BCUT2D eigenvalue weighted by molar-refractivity contribution is 8.13. The highest BCUT2D eigenvalue weighted by Crippen LogP contribution is 2.19. The fourth-order valence-electron chi connectivity index (χ4n) is 1.87. The van der Waals surface area contributed by atoms with Gasteiger partial charge >= 0.3 is 0 Å². The van der Waals surface area contributed by atoms with Gasteiger partial charge in [0.15, 0.2) is 5.17 Å². The molecule has 3 nitrogen and oxygen atoms in total. The second kappa shape index (κ2) is 7.51. The summed E-state index contributed by atoms with van der Waals surface area (Å²) in [5.74, 6) is 0. The molecule has 2 aromatic rings. The van der Waals surface area contributed by atoms with Gasteiger partial charge in [-0.05, 0) is 43.0 Å². The van der Waals surface area contributed by atoms with Crippen molar-refractivity contribution in [3.63, 3.8) is 0 Å². The van der Waals surface area contributed by atoms with Gasteiger partial charge < -0.3 is 5.32 Å². The van der Waals surface area contributed by atoms with E-state index in [1.54, 1.807) is 23.9 Å². The van der Waals surface area contributed by atoms with Crippen molar-refractivity contribution in [1.29, 1.82) is 5.26 Å². The number of benzene rings is 2. The molecule has 106 valence electrons. The van der Waals surface area contributed by atoms with Gasteiger partial charge in [-0.15, -0.1) is 0 Å². The molecule has 1 atom stereocenters. The largest absolute Gasteiger partial charge is 0.335 e. The molecule has 4 heteroatoms. The molecule has 0 radical (unpaired) electrons. The van der Waals surface area contributed by atoms with E-state index in [9.17, 15) is 0 Å². The SMILES string of the molecule is CSC(=NC(C)c1ccccc1)Nc1ccc(C#N)cc1. The average molecular weight is 295 g/mol. The van der Waals surface area contributed by atoms with Crippen LogP contribution >= 0.6 is 11.8 Å². The van der Waals surface area contributed by atoms with Crippen LogP contribution in [0.1, 0.15) is 24.1 Å². The molecule has 0 heterocycles. The van der Waals surface area contributed by atoms with Crippen LogP contribution in [0.25, 0.3) is 0 Å². The molecule has 0 bridgehead atoms. The van der Waals surface area contributed by atoms with E-state index in [1.165, 1.54) is 5.56 Å². The normalized spacial score (nSPS) is 12.5. The summed E-state index contributed by atoms with van der Waals surface area (Å²) < 4.78 is 0. The maximum Gasteiger partial charge on any atom is 0.161 e. The molecule has 2 aromatic carbocycles. The van der Waals surface area contributed by atoms with Gasteiger partial charge in [0, 0.05) is 5.69 Å². The Hall–Kier alpha value is -2.25. The minimum atomic E-state index is 0.0968. The Balaban J connectivity index is 2.11. The number of amidine groups is 1. The Labute approximate surface area is 129 Å². The van der Waals surface area contributed by atoms with Crippen molar-refractivity contribution in [2.24, 2.45) is 4.99 Å². The van der Waals surface area contributed by atoms with Gasteiger partial charge in [-0.2, -0.15) is 5.26 Å². The summed E-state index contributed by atoms with van der Waals surface area (Å²) in [5, 5.41) is 12.9. The molecule has 0 saturated heterocycles. The van der Waals surface area contributed by atoms with Crippen molar-refractivity contribution < 1.29 is 0 Å². The third-order valence-corrected chi connectivity index (χ3v) is 3.65. The topological polar surface area (TPSA) is 48.2 Å². The van der Waals surface area contributed by atoms with Crippen LogP contribution in [0, 0.1) is 11.3 Å². The Morgan fingerprint density at radius 3 is 2.38 bits per heavy atom. The van der Waals surface area contributed by atoms with Crippen molar-refractivity contribution in [1.82, 2.24) is 0 Å². The zero-order valence-corrected chi connectivity index (χ0v) is 12.9. The van der Waals surface area contributed by atoms with Crippen molar-refractivity contribution >= 4 is 22.6 Å². The van der Waals surface area contributed by atoms with Crippen LogP contribution in [0.4, 0.5) is 5.69 Å². The molecule has 0 amide bonds. The first-order chi connectivity index (χ1) is 10.2. The minimum absolute atomic E-state index is 0.0968. The molecule has 2 rings (SSSR count). The molecule has 21 heavy (non-hydrogen) atoms. The molecule has 0 aliphatic carbocycles. The fraction of sp³-hybridized carbons (Fsp3) is 0.176. The lowest BCUT2D eigenvalue weighted by atomic mass is 10.1. The van der Waals surface area contributed by atoms with Gasteiger partial charge in [-0.1, -0.05) is 42.1 Å². The summed E-state index contributed by atoms with van der Waals surface area (Å²) in [7, 11) is 0. The first kappa shape index (κ1) is 15.1. The summed E-state index contributed by atoms with van der Waals surface area (Å²) in [4.78, 5) is 4.71. The van der Waals surface area contributed by atoms with Crippen molar-refractivity contribution in [2.45, 2.75) is 13.0 Å². The highest BCUT2D eigenvalue weighted by Gasteiger charge is 2.05. The molecule has 0 aliphatic rings. The Morgan fingerprint density at radius 1 is 1.14 bits per heavy atom. The summed E-state index contributed by atoms with van der Waals surface area (Å²) in [5.41, 5.74) is 2.77. The second-order valence-corrected chi connectivity index (χ2v) is 5.33. The zero-order valence-electron chi connectivity index (χ0n) is 12.1. The van der Waals surface area contributed by atoms with Crippen molar-refractivity contribution in [3.8, 4) is 6.07 Å². The third kappa shape index (κ3) is 4.37. The van der Waals surface area contributed by atoms with Gasteiger partial charge in [0.05, 0.1) is 17.7 Å². The number of nitrogens with one attached hydrogen (secondary N) is 1. The molecule has 0 aliphatic heterocycles. The van der Waals surface area contributed by atoms with E-state index in [2.05, 4.69) is 30.4 Å². The maximum absolute atomic E-state index is 8.80. The summed E-state index contributed by atoms with van der Waals surface area (Å²) in [6.45, 7) is 2.08. The number of nitrogens with zero attached hydrogens (tertiary/aromatic N) is 2. The monoisotopic (exact) mass is 295 g/mol. The van der Waals surface area contributed by atoms with Crippen LogP contribution in [0.5, 0.6) is 0 Å². The molecule has 1 N–H and O–H groups in total.